The van der Waals surface area contributed by atoms with Crippen molar-refractivity contribution >= 4 is 34.5 Å². The molecule has 2 aliphatic heterocycles. The molecule has 180 valence electrons. The zero-order valence-corrected chi connectivity index (χ0v) is 19.5. The summed E-state index contributed by atoms with van der Waals surface area (Å²) in [4.78, 5) is 27.5. The fourth-order valence-electron chi connectivity index (χ4n) is 4.83. The Balaban J connectivity index is 1.27. The minimum Gasteiger partial charge on any atom is -0.387 e. The predicted octanol–water partition coefficient (Wildman–Crippen LogP) is 1.62. The Morgan fingerprint density at radius 2 is 1.91 bits per heavy atom. The van der Waals surface area contributed by atoms with Crippen LogP contribution in [0, 0.1) is 5.92 Å². The Labute approximate surface area is 201 Å². The standard InChI is InChI=1S/C23H27ClN6O4/c1-25-19-15-20(28-23(24)27-19)30(12-26-15)22-17(32)16(31)18(34-22)21(33)29-9-7-14(8-10-29)11-13-5-3-2-4-6-13/h2-6,12,14,16-18,22,31-32H,7-11H2,1H3,(H,25,27,28). The summed E-state index contributed by atoms with van der Waals surface area (Å²) in [5.74, 6) is 0.607. The van der Waals surface area contributed by atoms with Gasteiger partial charge in [-0.05, 0) is 42.3 Å². The van der Waals surface area contributed by atoms with E-state index in [2.05, 4.69) is 32.4 Å². The van der Waals surface area contributed by atoms with Crippen LogP contribution in [0.5, 0.6) is 0 Å². The Hall–Kier alpha value is -2.79. The van der Waals surface area contributed by atoms with E-state index < -0.39 is 24.5 Å². The van der Waals surface area contributed by atoms with E-state index in [1.54, 1.807) is 11.9 Å². The van der Waals surface area contributed by atoms with Crippen LogP contribution in [-0.4, -0.2) is 79.0 Å². The van der Waals surface area contributed by atoms with Crippen molar-refractivity contribution in [2.24, 2.45) is 5.92 Å². The number of aliphatic hydroxyl groups is 2. The second-order valence-corrected chi connectivity index (χ2v) is 9.14. The van der Waals surface area contributed by atoms with Crippen molar-refractivity contribution in [3.8, 4) is 0 Å². The summed E-state index contributed by atoms with van der Waals surface area (Å²) in [5, 5.41) is 24.3. The normalized spacial score (nSPS) is 25.7. The molecule has 4 unspecified atom stereocenters. The Morgan fingerprint density at radius 1 is 1.18 bits per heavy atom. The minimum absolute atomic E-state index is 0.00219. The van der Waals surface area contributed by atoms with E-state index in [0.29, 0.717) is 36.0 Å². The zero-order chi connectivity index (χ0) is 23.8. The Bertz CT molecular complexity index is 1170. The van der Waals surface area contributed by atoms with E-state index in [-0.39, 0.29) is 11.2 Å². The number of aliphatic hydroxyl groups excluding tert-OH is 2. The van der Waals surface area contributed by atoms with Crippen molar-refractivity contribution in [3.63, 3.8) is 0 Å². The van der Waals surface area contributed by atoms with Crippen LogP contribution in [0.1, 0.15) is 24.6 Å². The van der Waals surface area contributed by atoms with Gasteiger partial charge < -0.3 is 25.2 Å². The van der Waals surface area contributed by atoms with Crippen LogP contribution in [0.15, 0.2) is 36.7 Å². The summed E-state index contributed by atoms with van der Waals surface area (Å²) in [6.07, 6.45) is -0.762. The van der Waals surface area contributed by atoms with E-state index in [9.17, 15) is 15.0 Å². The molecular weight excluding hydrogens is 460 g/mol. The van der Waals surface area contributed by atoms with E-state index in [0.717, 1.165) is 19.3 Å². The van der Waals surface area contributed by atoms with Gasteiger partial charge in [0.25, 0.3) is 5.91 Å². The monoisotopic (exact) mass is 486 g/mol. The number of imidazole rings is 1. The van der Waals surface area contributed by atoms with Crippen molar-refractivity contribution in [1.29, 1.82) is 0 Å². The Morgan fingerprint density at radius 3 is 2.62 bits per heavy atom. The molecule has 4 atom stereocenters. The maximum Gasteiger partial charge on any atom is 0.254 e. The first kappa shape index (κ1) is 23.0. The number of nitrogens with zero attached hydrogens (tertiary/aromatic N) is 5. The quantitative estimate of drug-likeness (QED) is 0.464. The van der Waals surface area contributed by atoms with Gasteiger partial charge >= 0.3 is 0 Å². The van der Waals surface area contributed by atoms with E-state index in [1.807, 2.05) is 18.2 Å². The lowest BCUT2D eigenvalue weighted by Gasteiger charge is -2.34. The van der Waals surface area contributed by atoms with Crippen LogP contribution in [0.4, 0.5) is 5.82 Å². The lowest BCUT2D eigenvalue weighted by molar-refractivity contribution is -0.150. The molecule has 11 heteroatoms. The SMILES string of the molecule is CNc1nc(Cl)nc2c1ncn2C1OC(C(=O)N2CCC(Cc3ccccc3)CC2)C(O)C1O. The molecule has 2 fully saturated rings. The highest BCUT2D eigenvalue weighted by Crippen LogP contribution is 2.34. The average molecular weight is 487 g/mol. The number of rotatable bonds is 5. The minimum atomic E-state index is -1.38. The van der Waals surface area contributed by atoms with Crippen LogP contribution in [0.2, 0.25) is 5.28 Å². The smallest absolute Gasteiger partial charge is 0.254 e. The number of hydrogen-bond donors (Lipinski definition) is 3. The number of hydrogen-bond acceptors (Lipinski definition) is 8. The van der Waals surface area contributed by atoms with Gasteiger partial charge in [-0.1, -0.05) is 30.3 Å². The second-order valence-electron chi connectivity index (χ2n) is 8.80. The van der Waals surface area contributed by atoms with Crippen LogP contribution in [0.3, 0.4) is 0 Å². The molecule has 5 rings (SSSR count). The summed E-state index contributed by atoms with van der Waals surface area (Å²) in [6, 6.07) is 10.3. The number of likely N-dealkylation sites (tertiary alicyclic amines) is 1. The third kappa shape index (κ3) is 4.22. The first-order valence-corrected chi connectivity index (χ1v) is 11.8. The molecule has 1 amide bonds. The van der Waals surface area contributed by atoms with Crippen LogP contribution in [-0.2, 0) is 16.0 Å². The molecule has 0 saturated carbocycles. The Kier molecular flexibility index (Phi) is 6.39. The van der Waals surface area contributed by atoms with E-state index >= 15 is 0 Å². The van der Waals surface area contributed by atoms with Crippen molar-refractivity contribution in [3.05, 3.63) is 47.5 Å². The van der Waals surface area contributed by atoms with Gasteiger partial charge in [0.1, 0.15) is 12.2 Å². The molecular formula is C23H27ClN6O4. The summed E-state index contributed by atoms with van der Waals surface area (Å²) in [5.41, 5.74) is 2.06. The second kappa shape index (κ2) is 9.46. The average Bonchev–Trinajstić information content (AvgIpc) is 3.40. The number of ether oxygens (including phenoxy) is 1. The molecule has 1 aromatic carbocycles. The molecule has 0 spiro atoms. The highest BCUT2D eigenvalue weighted by Gasteiger charge is 2.49. The number of anilines is 1. The van der Waals surface area contributed by atoms with Crippen molar-refractivity contribution in [2.75, 3.05) is 25.5 Å². The van der Waals surface area contributed by atoms with Gasteiger partial charge in [0.05, 0.1) is 6.33 Å². The molecule has 34 heavy (non-hydrogen) atoms. The molecule has 4 heterocycles. The van der Waals surface area contributed by atoms with Crippen molar-refractivity contribution in [1.82, 2.24) is 24.4 Å². The number of halogens is 1. The van der Waals surface area contributed by atoms with Gasteiger partial charge in [0.2, 0.25) is 5.28 Å². The summed E-state index contributed by atoms with van der Waals surface area (Å²) >= 11 is 6.03. The van der Waals surface area contributed by atoms with Gasteiger partial charge in [-0.25, -0.2) is 4.98 Å². The van der Waals surface area contributed by atoms with Gasteiger partial charge in [-0.15, -0.1) is 0 Å². The molecule has 3 N–H and O–H groups in total. The third-order valence-electron chi connectivity index (χ3n) is 6.68. The van der Waals surface area contributed by atoms with Crippen LogP contribution >= 0.6 is 11.6 Å². The summed E-state index contributed by atoms with van der Waals surface area (Å²) < 4.78 is 7.37. The van der Waals surface area contributed by atoms with Gasteiger partial charge in [-0.2, -0.15) is 9.97 Å². The highest BCUT2D eigenvalue weighted by atomic mass is 35.5. The number of carbonyl (C=O) groups excluding carboxylic acids is 1. The molecule has 2 aromatic heterocycles. The number of amides is 1. The maximum atomic E-state index is 13.2. The summed E-state index contributed by atoms with van der Waals surface area (Å²) in [7, 11) is 1.68. The number of nitrogens with one attached hydrogen (secondary N) is 1. The molecule has 3 aromatic rings. The van der Waals surface area contributed by atoms with Crippen LogP contribution in [0.25, 0.3) is 11.2 Å². The number of aromatic nitrogens is 4. The predicted molar refractivity (Wildman–Crippen MR) is 125 cm³/mol. The lowest BCUT2D eigenvalue weighted by Crippen LogP contribution is -2.48. The van der Waals surface area contributed by atoms with Gasteiger partial charge in [-0.3, -0.25) is 9.36 Å². The van der Waals surface area contributed by atoms with E-state index in [1.165, 1.54) is 16.5 Å². The van der Waals surface area contributed by atoms with Crippen molar-refractivity contribution < 1.29 is 19.7 Å². The van der Waals surface area contributed by atoms with E-state index in [4.69, 9.17) is 16.3 Å². The van der Waals surface area contributed by atoms with Crippen LogP contribution < -0.4 is 5.32 Å². The van der Waals surface area contributed by atoms with Gasteiger partial charge in [0.15, 0.2) is 29.3 Å². The molecule has 0 bridgehead atoms. The lowest BCUT2D eigenvalue weighted by atomic mass is 9.90. The maximum absolute atomic E-state index is 13.2. The number of piperidine rings is 1. The first-order valence-electron chi connectivity index (χ1n) is 11.4. The third-order valence-corrected chi connectivity index (χ3v) is 6.85. The van der Waals surface area contributed by atoms with Gasteiger partial charge in [0, 0.05) is 20.1 Å². The fraction of sp³-hybridized carbons (Fsp3) is 0.478. The first-order chi connectivity index (χ1) is 16.5. The summed E-state index contributed by atoms with van der Waals surface area (Å²) in [6.45, 7) is 1.18. The zero-order valence-electron chi connectivity index (χ0n) is 18.7. The number of benzene rings is 1. The molecule has 2 saturated heterocycles. The fourth-order valence-corrected chi connectivity index (χ4v) is 4.99. The largest absolute Gasteiger partial charge is 0.387 e. The number of carbonyl (C=O) groups is 1. The molecule has 0 aliphatic carbocycles. The van der Waals surface area contributed by atoms with Crippen molar-refractivity contribution in [2.45, 2.75) is 43.8 Å². The molecule has 10 nitrogen and oxygen atoms in total. The molecule has 0 radical (unpaired) electrons. The highest BCUT2D eigenvalue weighted by molar-refractivity contribution is 6.28. The topological polar surface area (TPSA) is 126 Å². The molecule has 2 aliphatic rings. The number of fused-ring (bicyclic) bond motifs is 1.